The van der Waals surface area contributed by atoms with E-state index in [4.69, 9.17) is 4.74 Å². The number of carbonyl (C=O) groups is 2. The molecule has 0 aliphatic carbocycles. The summed E-state index contributed by atoms with van der Waals surface area (Å²) in [5.41, 5.74) is 1.60. The first-order valence-corrected chi connectivity index (χ1v) is 7.49. The highest BCUT2D eigenvalue weighted by Crippen LogP contribution is 2.05. The SMILES string of the molecule is C=C/C(CNC(=O)C(=O)NCCc1ccccn1)=C(/C)OCC. The van der Waals surface area contributed by atoms with E-state index < -0.39 is 11.8 Å². The maximum absolute atomic E-state index is 11.7. The van der Waals surface area contributed by atoms with Crippen LogP contribution in [0.1, 0.15) is 19.5 Å². The first-order chi connectivity index (χ1) is 11.1. The van der Waals surface area contributed by atoms with Crippen LogP contribution in [0.3, 0.4) is 0 Å². The van der Waals surface area contributed by atoms with E-state index in [1.807, 2.05) is 25.1 Å². The van der Waals surface area contributed by atoms with Crippen molar-refractivity contribution in [3.8, 4) is 0 Å². The average molecular weight is 317 g/mol. The van der Waals surface area contributed by atoms with Crippen molar-refractivity contribution >= 4 is 11.8 Å². The molecule has 2 amide bonds. The Hall–Kier alpha value is -2.63. The Bertz CT molecular complexity index is 568. The Kier molecular flexibility index (Phi) is 8.13. The number of carbonyl (C=O) groups excluding carboxylic acids is 2. The van der Waals surface area contributed by atoms with Gasteiger partial charge in [-0.25, -0.2) is 0 Å². The van der Waals surface area contributed by atoms with Gasteiger partial charge < -0.3 is 15.4 Å². The molecule has 2 N–H and O–H groups in total. The normalized spacial score (nSPS) is 11.2. The summed E-state index contributed by atoms with van der Waals surface area (Å²) < 4.78 is 5.35. The molecule has 0 radical (unpaired) electrons. The molecule has 0 saturated carbocycles. The molecule has 0 bridgehead atoms. The largest absolute Gasteiger partial charge is 0.498 e. The van der Waals surface area contributed by atoms with E-state index in [1.165, 1.54) is 0 Å². The van der Waals surface area contributed by atoms with Gasteiger partial charge in [0.05, 0.1) is 12.4 Å². The van der Waals surface area contributed by atoms with Crippen molar-refractivity contribution in [1.82, 2.24) is 15.6 Å². The second kappa shape index (κ2) is 10.2. The molecule has 0 atom stereocenters. The van der Waals surface area contributed by atoms with Crippen molar-refractivity contribution in [3.05, 3.63) is 54.1 Å². The lowest BCUT2D eigenvalue weighted by molar-refractivity contribution is -0.139. The summed E-state index contributed by atoms with van der Waals surface area (Å²) in [5, 5.41) is 5.11. The topological polar surface area (TPSA) is 80.3 Å². The van der Waals surface area contributed by atoms with Gasteiger partial charge in [-0.15, -0.1) is 0 Å². The molecule has 0 fully saturated rings. The Morgan fingerprint density at radius 2 is 2.04 bits per heavy atom. The summed E-state index contributed by atoms with van der Waals surface area (Å²) in [6, 6.07) is 5.56. The molecule has 0 aliphatic heterocycles. The molecule has 0 unspecified atom stereocenters. The quantitative estimate of drug-likeness (QED) is 0.431. The highest BCUT2D eigenvalue weighted by atomic mass is 16.5. The number of allylic oxidation sites excluding steroid dienone is 1. The highest BCUT2D eigenvalue weighted by molar-refractivity contribution is 6.35. The number of nitrogens with zero attached hydrogens (tertiary/aromatic N) is 1. The number of rotatable bonds is 8. The van der Waals surface area contributed by atoms with Gasteiger partial charge in [-0.2, -0.15) is 0 Å². The highest BCUT2D eigenvalue weighted by Gasteiger charge is 2.13. The molecule has 0 spiro atoms. The number of aromatic nitrogens is 1. The zero-order valence-electron chi connectivity index (χ0n) is 13.6. The van der Waals surface area contributed by atoms with Crippen molar-refractivity contribution < 1.29 is 14.3 Å². The van der Waals surface area contributed by atoms with Crippen LogP contribution in [0.2, 0.25) is 0 Å². The number of amides is 2. The number of ether oxygens (including phenoxy) is 1. The van der Waals surface area contributed by atoms with Gasteiger partial charge in [0.2, 0.25) is 0 Å². The molecule has 23 heavy (non-hydrogen) atoms. The number of pyridine rings is 1. The molecule has 6 heteroatoms. The minimum Gasteiger partial charge on any atom is -0.498 e. The van der Waals surface area contributed by atoms with Gasteiger partial charge in [-0.05, 0) is 26.0 Å². The molecule has 1 aromatic rings. The van der Waals surface area contributed by atoms with Gasteiger partial charge >= 0.3 is 11.8 Å². The molecule has 0 aliphatic rings. The van der Waals surface area contributed by atoms with Crippen LogP contribution in [-0.4, -0.2) is 36.5 Å². The zero-order valence-corrected chi connectivity index (χ0v) is 13.6. The van der Waals surface area contributed by atoms with Crippen LogP contribution in [0.15, 0.2) is 48.4 Å². The molecular weight excluding hydrogens is 294 g/mol. The Morgan fingerprint density at radius 1 is 1.30 bits per heavy atom. The van der Waals surface area contributed by atoms with Crippen LogP contribution in [0, 0.1) is 0 Å². The van der Waals surface area contributed by atoms with E-state index in [1.54, 1.807) is 19.2 Å². The molecule has 6 nitrogen and oxygen atoms in total. The third-order valence-electron chi connectivity index (χ3n) is 3.10. The molecule has 124 valence electrons. The summed E-state index contributed by atoms with van der Waals surface area (Å²) in [7, 11) is 0. The molecule has 0 saturated heterocycles. The summed E-state index contributed by atoms with van der Waals surface area (Å²) in [6.07, 6.45) is 3.86. The average Bonchev–Trinajstić information content (AvgIpc) is 2.56. The maximum atomic E-state index is 11.7. The standard InChI is InChI=1S/C17H23N3O3/c1-4-14(13(3)23-5-2)12-20-17(22)16(21)19-11-9-15-8-6-7-10-18-15/h4,6-8,10H,1,5,9,11-12H2,2-3H3,(H,19,21)(H,20,22)/b14-13+. The summed E-state index contributed by atoms with van der Waals surface area (Å²) >= 11 is 0. The van der Waals surface area contributed by atoms with Gasteiger partial charge in [0.15, 0.2) is 0 Å². The van der Waals surface area contributed by atoms with Crippen LogP contribution < -0.4 is 10.6 Å². The van der Waals surface area contributed by atoms with E-state index in [0.29, 0.717) is 25.3 Å². The molecule has 1 rings (SSSR count). The summed E-state index contributed by atoms with van der Waals surface area (Å²) in [6.45, 7) is 8.42. The van der Waals surface area contributed by atoms with Gasteiger partial charge in [0, 0.05) is 37.0 Å². The number of hydrogen-bond donors (Lipinski definition) is 2. The Labute approximate surface area is 136 Å². The first kappa shape index (κ1) is 18.4. The predicted octanol–water partition coefficient (Wildman–Crippen LogP) is 1.35. The van der Waals surface area contributed by atoms with Crippen LogP contribution in [-0.2, 0) is 20.7 Å². The second-order valence-electron chi connectivity index (χ2n) is 4.73. The van der Waals surface area contributed by atoms with Crippen LogP contribution >= 0.6 is 0 Å². The van der Waals surface area contributed by atoms with Crippen LogP contribution in [0.4, 0.5) is 0 Å². The minimum absolute atomic E-state index is 0.196. The fraction of sp³-hybridized carbons (Fsp3) is 0.353. The van der Waals surface area contributed by atoms with Gasteiger partial charge in [-0.1, -0.05) is 18.7 Å². The van der Waals surface area contributed by atoms with Gasteiger partial charge in [0.1, 0.15) is 0 Å². The van der Waals surface area contributed by atoms with Crippen molar-refractivity contribution in [3.63, 3.8) is 0 Å². The lowest BCUT2D eigenvalue weighted by atomic mass is 10.2. The van der Waals surface area contributed by atoms with Crippen molar-refractivity contribution in [2.45, 2.75) is 20.3 Å². The van der Waals surface area contributed by atoms with Crippen molar-refractivity contribution in [2.75, 3.05) is 19.7 Å². The fourth-order valence-corrected chi connectivity index (χ4v) is 1.84. The van der Waals surface area contributed by atoms with E-state index in [2.05, 4.69) is 22.2 Å². The molecule has 1 aromatic heterocycles. The predicted molar refractivity (Wildman–Crippen MR) is 88.5 cm³/mol. The smallest absolute Gasteiger partial charge is 0.309 e. The van der Waals surface area contributed by atoms with Crippen LogP contribution in [0.25, 0.3) is 0 Å². The monoisotopic (exact) mass is 317 g/mol. The van der Waals surface area contributed by atoms with Gasteiger partial charge in [0.25, 0.3) is 0 Å². The molecular formula is C17H23N3O3. The lowest BCUT2D eigenvalue weighted by Crippen LogP contribution is -2.41. The third-order valence-corrected chi connectivity index (χ3v) is 3.10. The third kappa shape index (κ3) is 6.78. The summed E-state index contributed by atoms with van der Waals surface area (Å²) in [5.74, 6) is -0.675. The van der Waals surface area contributed by atoms with E-state index in [0.717, 1.165) is 11.3 Å². The number of hydrogen-bond acceptors (Lipinski definition) is 4. The summed E-state index contributed by atoms with van der Waals surface area (Å²) in [4.78, 5) is 27.6. The number of nitrogens with one attached hydrogen (secondary N) is 2. The zero-order chi connectivity index (χ0) is 17.1. The van der Waals surface area contributed by atoms with E-state index in [9.17, 15) is 9.59 Å². The maximum Gasteiger partial charge on any atom is 0.309 e. The van der Waals surface area contributed by atoms with Crippen molar-refractivity contribution in [1.29, 1.82) is 0 Å². The van der Waals surface area contributed by atoms with E-state index >= 15 is 0 Å². The molecule has 0 aromatic carbocycles. The van der Waals surface area contributed by atoms with Gasteiger partial charge in [-0.3, -0.25) is 14.6 Å². The lowest BCUT2D eigenvalue weighted by Gasteiger charge is -2.10. The van der Waals surface area contributed by atoms with E-state index in [-0.39, 0.29) is 6.54 Å². The Balaban J connectivity index is 2.37. The Morgan fingerprint density at radius 3 is 2.65 bits per heavy atom. The fourth-order valence-electron chi connectivity index (χ4n) is 1.84. The second-order valence-corrected chi connectivity index (χ2v) is 4.73. The van der Waals surface area contributed by atoms with Crippen LogP contribution in [0.5, 0.6) is 0 Å². The first-order valence-electron chi connectivity index (χ1n) is 7.49. The van der Waals surface area contributed by atoms with Crippen molar-refractivity contribution in [2.24, 2.45) is 0 Å². The minimum atomic E-state index is -0.685. The molecule has 1 heterocycles.